The molecule has 1 heterocycles. The highest BCUT2D eigenvalue weighted by Crippen LogP contribution is 2.19. The normalized spacial score (nSPS) is 15.3. The van der Waals surface area contributed by atoms with E-state index in [9.17, 15) is 13.2 Å². The van der Waals surface area contributed by atoms with Crippen molar-refractivity contribution in [1.29, 1.82) is 0 Å². The van der Waals surface area contributed by atoms with Crippen LogP contribution in [0.15, 0.2) is 53.4 Å². The van der Waals surface area contributed by atoms with Crippen LogP contribution in [-0.2, 0) is 14.8 Å². The Bertz CT molecular complexity index is 923. The predicted octanol–water partition coefficient (Wildman–Crippen LogP) is -0.314. The maximum Gasteiger partial charge on any atom is 0.279 e. The second-order valence-electron chi connectivity index (χ2n) is 6.73. The number of nitrogens with two attached hydrogens (primary N) is 1. The fourth-order valence-electron chi connectivity index (χ4n) is 3.23. The lowest BCUT2D eigenvalue weighted by Gasteiger charge is -2.33. The lowest BCUT2D eigenvalue weighted by atomic mass is 10.2. The highest BCUT2D eigenvalue weighted by atomic mass is 32.2. The number of carbonyl (C=O) groups excluding carboxylic acids is 1. The maximum atomic E-state index is 12.3. The maximum absolute atomic E-state index is 12.3. The number of nitrogens with one attached hydrogen (secondary N) is 2. The van der Waals surface area contributed by atoms with E-state index in [0.29, 0.717) is 12.2 Å². The molecule has 150 valence electrons. The van der Waals surface area contributed by atoms with Gasteiger partial charge in [-0.05, 0) is 42.5 Å². The molecule has 1 amide bonds. The van der Waals surface area contributed by atoms with Crippen molar-refractivity contribution >= 4 is 27.3 Å². The van der Waals surface area contributed by atoms with Gasteiger partial charge in [0, 0.05) is 11.4 Å². The van der Waals surface area contributed by atoms with Gasteiger partial charge in [-0.3, -0.25) is 4.79 Å². The molecule has 0 aliphatic carbocycles. The molecule has 2 aromatic carbocycles. The molecule has 9 heteroatoms. The monoisotopic (exact) mass is 405 g/mol. The lowest BCUT2D eigenvalue weighted by Crippen LogP contribution is -3.15. The van der Waals surface area contributed by atoms with Crippen LogP contribution in [0.3, 0.4) is 0 Å². The number of nitrogens with zero attached hydrogens (tertiary/aromatic N) is 1. The average Bonchev–Trinajstić information content (AvgIpc) is 2.68. The molecule has 2 aromatic rings. The average molecular weight is 406 g/mol. The van der Waals surface area contributed by atoms with Crippen LogP contribution in [0.25, 0.3) is 0 Å². The summed E-state index contributed by atoms with van der Waals surface area (Å²) in [6.07, 6.45) is 0. The van der Waals surface area contributed by atoms with Crippen molar-refractivity contribution in [3.8, 4) is 5.75 Å². The Morgan fingerprint density at radius 3 is 2.46 bits per heavy atom. The van der Waals surface area contributed by atoms with E-state index in [0.717, 1.165) is 37.6 Å². The Kier molecular flexibility index (Phi) is 6.18. The molecule has 1 saturated heterocycles. The summed E-state index contributed by atoms with van der Waals surface area (Å²) in [5, 5.41) is 7.88. The summed E-state index contributed by atoms with van der Waals surface area (Å²) in [7, 11) is -2.15. The van der Waals surface area contributed by atoms with Crippen LogP contribution < -0.4 is 25.0 Å². The van der Waals surface area contributed by atoms with E-state index in [2.05, 4.69) is 10.2 Å². The molecule has 0 spiro atoms. The lowest BCUT2D eigenvalue weighted by molar-refractivity contribution is -0.892. The molecule has 1 aliphatic heterocycles. The number of primary sulfonamides is 1. The highest BCUT2D eigenvalue weighted by Gasteiger charge is 2.22. The van der Waals surface area contributed by atoms with Gasteiger partial charge in [0.2, 0.25) is 10.0 Å². The number of carbonyl (C=O) groups is 1. The standard InChI is InChI=1S/C19H24N4O4S/c1-27-17-7-5-16(6-8-17)23-11-9-22(10-12-23)14-19(24)21-15-3-2-4-18(13-15)28(20,25)26/h2-8,13H,9-12,14H2,1H3,(H,21,24)(H2,20,25,26)/p+1. The van der Waals surface area contributed by atoms with Crippen LogP contribution in [0.4, 0.5) is 11.4 Å². The fraction of sp³-hybridized carbons (Fsp3) is 0.316. The Morgan fingerprint density at radius 1 is 1.18 bits per heavy atom. The van der Waals surface area contributed by atoms with Gasteiger partial charge >= 0.3 is 0 Å². The van der Waals surface area contributed by atoms with Gasteiger partial charge < -0.3 is 19.9 Å². The molecule has 0 atom stereocenters. The molecule has 0 saturated carbocycles. The number of amides is 1. The summed E-state index contributed by atoms with van der Waals surface area (Å²) >= 11 is 0. The first kappa shape index (κ1) is 20.1. The number of anilines is 2. The predicted molar refractivity (Wildman–Crippen MR) is 107 cm³/mol. The minimum Gasteiger partial charge on any atom is -0.497 e. The highest BCUT2D eigenvalue weighted by molar-refractivity contribution is 7.89. The van der Waals surface area contributed by atoms with Crippen molar-refractivity contribution in [2.24, 2.45) is 5.14 Å². The largest absolute Gasteiger partial charge is 0.497 e. The number of quaternary nitrogens is 1. The van der Waals surface area contributed by atoms with Crippen molar-refractivity contribution in [2.45, 2.75) is 4.90 Å². The Labute approximate surface area is 164 Å². The van der Waals surface area contributed by atoms with E-state index in [1.807, 2.05) is 24.3 Å². The van der Waals surface area contributed by atoms with Crippen molar-refractivity contribution < 1.29 is 22.8 Å². The molecule has 28 heavy (non-hydrogen) atoms. The van der Waals surface area contributed by atoms with E-state index >= 15 is 0 Å². The van der Waals surface area contributed by atoms with Crippen molar-refractivity contribution in [1.82, 2.24) is 0 Å². The van der Waals surface area contributed by atoms with Gasteiger partial charge in [0.25, 0.3) is 5.91 Å². The third-order valence-electron chi connectivity index (χ3n) is 4.77. The van der Waals surface area contributed by atoms with Gasteiger partial charge in [-0.25, -0.2) is 13.6 Å². The number of ether oxygens (including phenoxy) is 1. The fourth-order valence-corrected chi connectivity index (χ4v) is 3.79. The number of benzene rings is 2. The molecular formula is C19H25N4O4S+. The van der Waals surface area contributed by atoms with Crippen molar-refractivity contribution in [3.05, 3.63) is 48.5 Å². The number of sulfonamides is 1. The first-order valence-corrected chi connectivity index (χ1v) is 10.5. The first-order chi connectivity index (χ1) is 13.3. The van der Waals surface area contributed by atoms with E-state index in [-0.39, 0.29) is 10.8 Å². The van der Waals surface area contributed by atoms with Gasteiger partial charge in [-0.1, -0.05) is 6.07 Å². The summed E-state index contributed by atoms with van der Waals surface area (Å²) in [6.45, 7) is 3.73. The van der Waals surface area contributed by atoms with Gasteiger partial charge in [0.05, 0.1) is 38.2 Å². The molecule has 1 aliphatic rings. The summed E-state index contributed by atoms with van der Waals surface area (Å²) < 4.78 is 28.0. The quantitative estimate of drug-likeness (QED) is 0.611. The zero-order valence-electron chi connectivity index (χ0n) is 15.7. The number of piperazine rings is 1. The minimum absolute atomic E-state index is 0.0225. The Hall–Kier alpha value is -2.62. The molecule has 0 radical (unpaired) electrons. The van der Waals surface area contributed by atoms with Crippen LogP contribution >= 0.6 is 0 Å². The van der Waals surface area contributed by atoms with Crippen LogP contribution in [0, 0.1) is 0 Å². The molecule has 1 fully saturated rings. The molecular weight excluding hydrogens is 380 g/mol. The molecule has 4 N–H and O–H groups in total. The van der Waals surface area contributed by atoms with E-state index < -0.39 is 10.0 Å². The summed E-state index contributed by atoms with van der Waals surface area (Å²) in [4.78, 5) is 15.8. The molecule has 0 bridgehead atoms. The van der Waals surface area contributed by atoms with E-state index in [1.165, 1.54) is 17.0 Å². The summed E-state index contributed by atoms with van der Waals surface area (Å²) in [6, 6.07) is 13.9. The number of hydrogen-bond acceptors (Lipinski definition) is 5. The third-order valence-corrected chi connectivity index (χ3v) is 5.68. The third kappa shape index (κ3) is 5.22. The van der Waals surface area contributed by atoms with Gasteiger partial charge in [-0.2, -0.15) is 0 Å². The topological polar surface area (TPSA) is 106 Å². The summed E-state index contributed by atoms with van der Waals surface area (Å²) in [5.41, 5.74) is 1.57. The number of rotatable bonds is 6. The smallest absolute Gasteiger partial charge is 0.279 e. The number of methoxy groups -OCH3 is 1. The second kappa shape index (κ2) is 8.59. The van der Waals surface area contributed by atoms with Crippen LogP contribution in [0.1, 0.15) is 0 Å². The summed E-state index contributed by atoms with van der Waals surface area (Å²) in [5.74, 6) is 0.677. The zero-order valence-corrected chi connectivity index (χ0v) is 16.5. The van der Waals surface area contributed by atoms with Crippen LogP contribution in [0.5, 0.6) is 5.75 Å². The van der Waals surface area contributed by atoms with Gasteiger partial charge in [-0.15, -0.1) is 0 Å². The Balaban J connectivity index is 1.51. The van der Waals surface area contributed by atoms with E-state index in [1.54, 1.807) is 19.2 Å². The van der Waals surface area contributed by atoms with E-state index in [4.69, 9.17) is 9.88 Å². The molecule has 0 unspecified atom stereocenters. The second-order valence-corrected chi connectivity index (χ2v) is 8.29. The van der Waals surface area contributed by atoms with Crippen molar-refractivity contribution in [2.75, 3.05) is 50.1 Å². The minimum atomic E-state index is -3.80. The van der Waals surface area contributed by atoms with Crippen LogP contribution in [0.2, 0.25) is 0 Å². The molecule has 8 nitrogen and oxygen atoms in total. The number of hydrogen-bond donors (Lipinski definition) is 3. The van der Waals surface area contributed by atoms with Gasteiger partial charge in [0.15, 0.2) is 6.54 Å². The Morgan fingerprint density at radius 2 is 1.86 bits per heavy atom. The van der Waals surface area contributed by atoms with Gasteiger partial charge in [0.1, 0.15) is 5.75 Å². The van der Waals surface area contributed by atoms with Crippen LogP contribution in [-0.4, -0.2) is 54.2 Å². The molecule has 0 aromatic heterocycles. The SMILES string of the molecule is COc1ccc(N2CC[NH+](CC(=O)Nc3cccc(S(N)(=O)=O)c3)CC2)cc1. The van der Waals surface area contributed by atoms with Crippen molar-refractivity contribution in [3.63, 3.8) is 0 Å². The first-order valence-electron chi connectivity index (χ1n) is 9.00. The molecule has 3 rings (SSSR count). The zero-order chi connectivity index (χ0) is 20.1.